The van der Waals surface area contributed by atoms with Crippen LogP contribution in [0.5, 0.6) is 0 Å². The molecule has 2 aromatic heterocycles. The lowest BCUT2D eigenvalue weighted by molar-refractivity contribution is 0.271. The SMILES string of the molecule is Cn1c(CO)cnc1SCc1ccc(Br)cn1. The molecule has 2 aromatic rings. The van der Waals surface area contributed by atoms with Gasteiger partial charge in [0.05, 0.1) is 24.2 Å². The van der Waals surface area contributed by atoms with Crippen molar-refractivity contribution in [1.29, 1.82) is 0 Å². The van der Waals surface area contributed by atoms with Crippen LogP contribution < -0.4 is 0 Å². The van der Waals surface area contributed by atoms with Crippen molar-refractivity contribution >= 4 is 27.7 Å². The number of aliphatic hydroxyl groups excluding tert-OH is 1. The molecule has 0 saturated heterocycles. The van der Waals surface area contributed by atoms with Gasteiger partial charge in [0.25, 0.3) is 0 Å². The zero-order valence-corrected chi connectivity index (χ0v) is 11.7. The molecule has 0 amide bonds. The van der Waals surface area contributed by atoms with Crippen molar-refractivity contribution < 1.29 is 5.11 Å². The third-order valence-electron chi connectivity index (χ3n) is 2.34. The summed E-state index contributed by atoms with van der Waals surface area (Å²) in [6.45, 7) is 0.0145. The van der Waals surface area contributed by atoms with E-state index in [-0.39, 0.29) is 6.61 Å². The van der Waals surface area contributed by atoms with E-state index in [1.54, 1.807) is 24.2 Å². The number of hydrogen-bond acceptors (Lipinski definition) is 4. The minimum Gasteiger partial charge on any atom is -0.390 e. The summed E-state index contributed by atoms with van der Waals surface area (Å²) in [6, 6.07) is 3.95. The van der Waals surface area contributed by atoms with Crippen LogP contribution in [0.25, 0.3) is 0 Å². The maximum absolute atomic E-state index is 9.06. The molecule has 0 unspecified atom stereocenters. The van der Waals surface area contributed by atoms with E-state index in [1.165, 1.54) is 0 Å². The lowest BCUT2D eigenvalue weighted by atomic mass is 10.4. The molecule has 6 heteroatoms. The molecule has 0 saturated carbocycles. The largest absolute Gasteiger partial charge is 0.390 e. The summed E-state index contributed by atoms with van der Waals surface area (Å²) in [7, 11) is 1.90. The molecule has 0 radical (unpaired) electrons. The van der Waals surface area contributed by atoms with Crippen molar-refractivity contribution in [3.63, 3.8) is 0 Å². The van der Waals surface area contributed by atoms with Gasteiger partial charge in [-0.3, -0.25) is 4.98 Å². The Kier molecular flexibility index (Phi) is 4.20. The van der Waals surface area contributed by atoms with Crippen LogP contribution in [0.2, 0.25) is 0 Å². The highest BCUT2D eigenvalue weighted by atomic mass is 79.9. The molecule has 2 heterocycles. The highest BCUT2D eigenvalue weighted by Crippen LogP contribution is 2.21. The number of imidazole rings is 1. The fraction of sp³-hybridized carbons (Fsp3) is 0.273. The van der Waals surface area contributed by atoms with Crippen molar-refractivity contribution in [2.45, 2.75) is 17.5 Å². The number of thioether (sulfide) groups is 1. The summed E-state index contributed by atoms with van der Waals surface area (Å²) in [6.07, 6.45) is 3.48. The fourth-order valence-electron chi connectivity index (χ4n) is 1.34. The third-order valence-corrected chi connectivity index (χ3v) is 3.89. The molecule has 0 aromatic carbocycles. The minimum atomic E-state index is 0.0145. The van der Waals surface area contributed by atoms with E-state index in [0.717, 1.165) is 26.8 Å². The first-order valence-corrected chi connectivity index (χ1v) is 6.83. The molecule has 0 aliphatic heterocycles. The molecule has 2 rings (SSSR count). The van der Waals surface area contributed by atoms with Crippen molar-refractivity contribution in [2.75, 3.05) is 0 Å². The quantitative estimate of drug-likeness (QED) is 0.880. The monoisotopic (exact) mass is 313 g/mol. The van der Waals surface area contributed by atoms with Gasteiger partial charge in [0.1, 0.15) is 0 Å². The summed E-state index contributed by atoms with van der Waals surface area (Å²) in [5.41, 5.74) is 1.82. The Bertz CT molecular complexity index is 498. The van der Waals surface area contributed by atoms with E-state index < -0.39 is 0 Å². The number of halogens is 1. The summed E-state index contributed by atoms with van der Waals surface area (Å²) >= 11 is 4.96. The smallest absolute Gasteiger partial charge is 0.168 e. The van der Waals surface area contributed by atoms with Gasteiger partial charge >= 0.3 is 0 Å². The molecule has 17 heavy (non-hydrogen) atoms. The van der Waals surface area contributed by atoms with Crippen LogP contribution in [0, 0.1) is 0 Å². The summed E-state index contributed by atoms with van der Waals surface area (Å²) in [5, 5.41) is 9.95. The standard InChI is InChI=1S/C11H12BrN3OS/c1-15-10(6-16)5-14-11(15)17-7-9-3-2-8(12)4-13-9/h2-5,16H,6-7H2,1H3. The Hall–Kier alpha value is -0.850. The molecular formula is C11H12BrN3OS. The van der Waals surface area contributed by atoms with Gasteiger partial charge in [0.2, 0.25) is 0 Å². The first-order chi connectivity index (χ1) is 8.20. The molecule has 1 N–H and O–H groups in total. The number of hydrogen-bond donors (Lipinski definition) is 1. The second kappa shape index (κ2) is 5.66. The Balaban J connectivity index is 2.02. The predicted octanol–water partition coefficient (Wildman–Crippen LogP) is 2.36. The number of nitrogens with zero attached hydrogens (tertiary/aromatic N) is 3. The maximum atomic E-state index is 9.06. The molecule has 90 valence electrons. The lowest BCUT2D eigenvalue weighted by Crippen LogP contribution is -1.97. The number of rotatable bonds is 4. The van der Waals surface area contributed by atoms with Gasteiger partial charge in [-0.25, -0.2) is 4.98 Å². The van der Waals surface area contributed by atoms with Crippen LogP contribution in [-0.4, -0.2) is 19.6 Å². The van der Waals surface area contributed by atoms with Crippen LogP contribution in [0.15, 0.2) is 34.2 Å². The van der Waals surface area contributed by atoms with Crippen molar-refractivity contribution in [2.24, 2.45) is 7.05 Å². The average Bonchev–Trinajstić information content (AvgIpc) is 2.69. The summed E-state index contributed by atoms with van der Waals surface area (Å²) in [5.74, 6) is 0.767. The van der Waals surface area contributed by atoms with E-state index in [2.05, 4.69) is 25.9 Å². The Labute approximate surface area is 112 Å². The molecule has 0 bridgehead atoms. The fourth-order valence-corrected chi connectivity index (χ4v) is 2.46. The molecule has 0 spiro atoms. The van der Waals surface area contributed by atoms with Crippen LogP contribution in [-0.2, 0) is 19.4 Å². The van der Waals surface area contributed by atoms with E-state index in [0.29, 0.717) is 0 Å². The van der Waals surface area contributed by atoms with Gasteiger partial charge in [-0.1, -0.05) is 11.8 Å². The molecular weight excluding hydrogens is 302 g/mol. The van der Waals surface area contributed by atoms with Crippen LogP contribution in [0.3, 0.4) is 0 Å². The Morgan fingerprint density at radius 3 is 2.76 bits per heavy atom. The zero-order valence-electron chi connectivity index (χ0n) is 9.30. The molecule has 4 nitrogen and oxygen atoms in total. The van der Waals surface area contributed by atoms with Crippen LogP contribution in [0.4, 0.5) is 0 Å². The van der Waals surface area contributed by atoms with Gasteiger partial charge in [-0.15, -0.1) is 0 Å². The topological polar surface area (TPSA) is 50.9 Å². The van der Waals surface area contributed by atoms with Crippen LogP contribution in [0.1, 0.15) is 11.4 Å². The van der Waals surface area contributed by atoms with Gasteiger partial charge in [0.15, 0.2) is 5.16 Å². The minimum absolute atomic E-state index is 0.0145. The maximum Gasteiger partial charge on any atom is 0.168 e. The highest BCUT2D eigenvalue weighted by Gasteiger charge is 2.06. The zero-order chi connectivity index (χ0) is 12.3. The predicted molar refractivity (Wildman–Crippen MR) is 70.6 cm³/mol. The van der Waals surface area contributed by atoms with E-state index >= 15 is 0 Å². The van der Waals surface area contributed by atoms with Gasteiger partial charge < -0.3 is 9.67 Å². The number of pyridine rings is 1. The lowest BCUT2D eigenvalue weighted by Gasteiger charge is -2.03. The van der Waals surface area contributed by atoms with E-state index in [1.807, 2.05) is 23.7 Å². The second-order valence-corrected chi connectivity index (χ2v) is 5.36. The number of aliphatic hydroxyl groups is 1. The summed E-state index contributed by atoms with van der Waals surface area (Å²) < 4.78 is 2.87. The third kappa shape index (κ3) is 3.08. The van der Waals surface area contributed by atoms with E-state index in [4.69, 9.17) is 5.11 Å². The van der Waals surface area contributed by atoms with E-state index in [9.17, 15) is 0 Å². The second-order valence-electron chi connectivity index (χ2n) is 3.51. The normalized spacial score (nSPS) is 10.8. The average molecular weight is 314 g/mol. The number of aromatic nitrogens is 3. The summed E-state index contributed by atoms with van der Waals surface area (Å²) in [4.78, 5) is 8.54. The van der Waals surface area contributed by atoms with Gasteiger partial charge in [0, 0.05) is 23.5 Å². The van der Waals surface area contributed by atoms with Crippen molar-refractivity contribution in [3.05, 3.63) is 40.4 Å². The molecule has 0 aliphatic carbocycles. The van der Waals surface area contributed by atoms with Crippen LogP contribution >= 0.6 is 27.7 Å². The molecule has 0 fully saturated rings. The first kappa shape index (κ1) is 12.6. The first-order valence-electron chi connectivity index (χ1n) is 5.05. The Morgan fingerprint density at radius 2 is 2.18 bits per heavy atom. The van der Waals surface area contributed by atoms with Crippen molar-refractivity contribution in [3.8, 4) is 0 Å². The highest BCUT2D eigenvalue weighted by molar-refractivity contribution is 9.10. The van der Waals surface area contributed by atoms with Gasteiger partial charge in [-0.2, -0.15) is 0 Å². The Morgan fingerprint density at radius 1 is 1.35 bits per heavy atom. The molecule has 0 aliphatic rings. The van der Waals surface area contributed by atoms with Crippen molar-refractivity contribution in [1.82, 2.24) is 14.5 Å². The molecule has 0 atom stereocenters. The van der Waals surface area contributed by atoms with Gasteiger partial charge in [-0.05, 0) is 28.1 Å².